The van der Waals surface area contributed by atoms with Gasteiger partial charge in [-0.3, -0.25) is 0 Å². The van der Waals surface area contributed by atoms with Crippen molar-refractivity contribution in [2.75, 3.05) is 0 Å². The lowest BCUT2D eigenvalue weighted by Crippen LogP contribution is -2.23. The molecule has 0 saturated heterocycles. The Labute approximate surface area is 133 Å². The van der Waals surface area contributed by atoms with Gasteiger partial charge in [-0.25, -0.2) is 4.79 Å². The maximum atomic E-state index is 11.7. The molecule has 0 aromatic heterocycles. The molecule has 0 fully saturated rings. The van der Waals surface area contributed by atoms with Gasteiger partial charge < -0.3 is 9.57 Å². The van der Waals surface area contributed by atoms with Crippen molar-refractivity contribution in [1.82, 2.24) is 0 Å². The Morgan fingerprint density at radius 3 is 2.65 bits per heavy atom. The van der Waals surface area contributed by atoms with Gasteiger partial charge in [0, 0.05) is 0 Å². The smallest absolute Gasteiger partial charge is 0.341 e. The molecule has 0 bridgehead atoms. The highest BCUT2D eigenvalue weighted by molar-refractivity contribution is 9.28. The van der Waals surface area contributed by atoms with E-state index in [1.807, 2.05) is 0 Å². The fourth-order valence-electron chi connectivity index (χ4n) is 1.83. The number of rotatable bonds is 8. The fourth-order valence-corrected chi connectivity index (χ4v) is 2.22. The minimum Gasteiger partial charge on any atom is -0.421 e. The summed E-state index contributed by atoms with van der Waals surface area (Å²) in [5.74, 6) is -0.325. The summed E-state index contributed by atoms with van der Waals surface area (Å²) in [7, 11) is 0. The highest BCUT2D eigenvalue weighted by Gasteiger charge is 2.31. The number of esters is 1. The van der Waals surface area contributed by atoms with Crippen LogP contribution in [0.15, 0.2) is 20.8 Å². The molecule has 0 spiro atoms. The monoisotopic (exact) mass is 411 g/mol. The topological polar surface area (TPSA) is 78.7 Å². The van der Waals surface area contributed by atoms with Crippen LogP contribution in [0.2, 0.25) is 0 Å². The van der Waals surface area contributed by atoms with Crippen molar-refractivity contribution < 1.29 is 19.5 Å². The van der Waals surface area contributed by atoms with Gasteiger partial charge in [-0.15, -0.1) is 10.1 Å². The van der Waals surface area contributed by atoms with Gasteiger partial charge in [-0.05, 0) is 44.4 Å². The van der Waals surface area contributed by atoms with E-state index in [-0.39, 0.29) is 11.3 Å². The molecule has 1 unspecified atom stereocenters. The van der Waals surface area contributed by atoms with Crippen molar-refractivity contribution in [3.05, 3.63) is 30.9 Å². The largest absolute Gasteiger partial charge is 0.421 e. The van der Waals surface area contributed by atoms with E-state index in [0.717, 1.165) is 25.7 Å². The molecule has 6 nitrogen and oxygen atoms in total. The molecule has 8 heteroatoms. The molecule has 1 heterocycles. The van der Waals surface area contributed by atoms with Crippen LogP contribution >= 0.6 is 31.9 Å². The van der Waals surface area contributed by atoms with Crippen LogP contribution in [-0.4, -0.2) is 17.2 Å². The molecule has 0 radical (unpaired) electrons. The van der Waals surface area contributed by atoms with Crippen LogP contribution in [0.25, 0.3) is 0 Å². The molecular weight excluding hydrogens is 398 g/mol. The summed E-state index contributed by atoms with van der Waals surface area (Å²) in [6.07, 6.45) is 4.80. The SMILES string of the molecule is CCCCCCC(O[N+](=O)[O-])C1=CC(=C(Br)Br)OC1=O. The van der Waals surface area contributed by atoms with Crippen LogP contribution in [0.3, 0.4) is 0 Å². The van der Waals surface area contributed by atoms with E-state index in [9.17, 15) is 14.9 Å². The number of unbranched alkanes of at least 4 members (excludes halogenated alkanes) is 3. The van der Waals surface area contributed by atoms with Crippen molar-refractivity contribution >= 4 is 37.8 Å². The molecule has 1 aliphatic rings. The van der Waals surface area contributed by atoms with Gasteiger partial charge in [-0.1, -0.05) is 32.6 Å². The zero-order valence-electron chi connectivity index (χ0n) is 10.9. The standard InChI is InChI=1S/C12H15Br2NO5/c1-2-3-4-5-6-9(20-15(17)18)8-7-10(11(13)14)19-12(8)16/h7,9H,2-6H2,1H3. The van der Waals surface area contributed by atoms with E-state index in [4.69, 9.17) is 4.74 Å². The minimum atomic E-state index is -0.883. The molecule has 1 atom stereocenters. The van der Waals surface area contributed by atoms with Crippen molar-refractivity contribution in [3.63, 3.8) is 0 Å². The Bertz CT molecular complexity index is 443. The number of nitrogens with zero attached hydrogens (tertiary/aromatic N) is 1. The summed E-state index contributed by atoms with van der Waals surface area (Å²) < 4.78 is 5.45. The molecule has 0 N–H and O–H groups in total. The van der Waals surface area contributed by atoms with Crippen molar-refractivity contribution in [2.24, 2.45) is 0 Å². The van der Waals surface area contributed by atoms with E-state index >= 15 is 0 Å². The number of cyclic esters (lactones) is 1. The molecule has 0 amide bonds. The lowest BCUT2D eigenvalue weighted by atomic mass is 10.0. The van der Waals surface area contributed by atoms with Crippen LogP contribution in [0, 0.1) is 10.1 Å². The van der Waals surface area contributed by atoms with E-state index < -0.39 is 17.2 Å². The average Bonchev–Trinajstić information content (AvgIpc) is 2.75. The Morgan fingerprint density at radius 1 is 1.45 bits per heavy atom. The maximum absolute atomic E-state index is 11.7. The second-order valence-corrected chi connectivity index (χ2v) is 6.93. The van der Waals surface area contributed by atoms with Crippen molar-refractivity contribution in [1.29, 1.82) is 0 Å². The summed E-state index contributed by atoms with van der Waals surface area (Å²) in [6.45, 7) is 2.08. The molecule has 0 aromatic carbocycles. The predicted molar refractivity (Wildman–Crippen MR) is 79.7 cm³/mol. The van der Waals surface area contributed by atoms with Gasteiger partial charge in [0.15, 0.2) is 5.76 Å². The van der Waals surface area contributed by atoms with Crippen LogP contribution in [0.4, 0.5) is 0 Å². The summed E-state index contributed by atoms with van der Waals surface area (Å²) in [4.78, 5) is 26.9. The van der Waals surface area contributed by atoms with Gasteiger partial charge in [0.05, 0.1) is 5.57 Å². The molecule has 1 rings (SSSR count). The number of allylic oxidation sites excluding steroid dienone is 1. The number of carbonyl (C=O) groups is 1. The minimum absolute atomic E-state index is 0.171. The normalized spacial score (nSPS) is 15.7. The fraction of sp³-hybridized carbons (Fsp3) is 0.583. The van der Waals surface area contributed by atoms with Gasteiger partial charge in [0.2, 0.25) is 0 Å². The third-order valence-electron chi connectivity index (χ3n) is 2.79. The number of carbonyl (C=O) groups excluding carboxylic acids is 1. The molecular formula is C12H15Br2NO5. The van der Waals surface area contributed by atoms with Crippen LogP contribution < -0.4 is 0 Å². The lowest BCUT2D eigenvalue weighted by Gasteiger charge is -2.13. The first-order chi connectivity index (χ1) is 9.45. The van der Waals surface area contributed by atoms with Crippen molar-refractivity contribution in [2.45, 2.75) is 45.1 Å². The first-order valence-electron chi connectivity index (χ1n) is 6.26. The number of hydrogen-bond donors (Lipinski definition) is 0. The predicted octanol–water partition coefficient (Wildman–Crippen LogP) is 3.98. The second-order valence-electron chi connectivity index (χ2n) is 4.28. The highest BCUT2D eigenvalue weighted by Crippen LogP contribution is 2.30. The van der Waals surface area contributed by atoms with Crippen LogP contribution in [0.5, 0.6) is 0 Å². The number of halogens is 2. The molecule has 0 aromatic rings. The third-order valence-corrected chi connectivity index (χ3v) is 3.57. The summed E-state index contributed by atoms with van der Waals surface area (Å²) in [5, 5.41) is 9.68. The van der Waals surface area contributed by atoms with Crippen LogP contribution in [-0.2, 0) is 14.4 Å². The summed E-state index contributed by atoms with van der Waals surface area (Å²) in [6, 6.07) is 0. The molecule has 112 valence electrons. The molecule has 0 aliphatic carbocycles. The Hall–Kier alpha value is -0.890. The second kappa shape index (κ2) is 8.41. The number of ether oxygens (including phenoxy) is 1. The maximum Gasteiger partial charge on any atom is 0.341 e. The first-order valence-corrected chi connectivity index (χ1v) is 7.84. The van der Waals surface area contributed by atoms with E-state index in [1.165, 1.54) is 6.08 Å². The van der Waals surface area contributed by atoms with Crippen molar-refractivity contribution in [3.8, 4) is 0 Å². The molecule has 1 aliphatic heterocycles. The molecule has 20 heavy (non-hydrogen) atoms. The number of hydrogen-bond acceptors (Lipinski definition) is 5. The Balaban J connectivity index is 2.77. The zero-order valence-corrected chi connectivity index (χ0v) is 14.1. The Kier molecular flexibility index (Phi) is 7.22. The average molecular weight is 413 g/mol. The van der Waals surface area contributed by atoms with E-state index in [2.05, 4.69) is 43.6 Å². The van der Waals surface area contributed by atoms with Gasteiger partial charge >= 0.3 is 5.97 Å². The van der Waals surface area contributed by atoms with Gasteiger partial charge in [0.1, 0.15) is 9.50 Å². The summed E-state index contributed by atoms with van der Waals surface area (Å²) in [5.41, 5.74) is 0.171. The summed E-state index contributed by atoms with van der Waals surface area (Å²) >= 11 is 6.26. The van der Waals surface area contributed by atoms with Gasteiger partial charge in [0.25, 0.3) is 5.09 Å². The highest BCUT2D eigenvalue weighted by atomic mass is 79.9. The Morgan fingerprint density at radius 2 is 2.15 bits per heavy atom. The first kappa shape index (κ1) is 17.2. The quantitative estimate of drug-likeness (QED) is 0.261. The zero-order chi connectivity index (χ0) is 15.1. The lowest BCUT2D eigenvalue weighted by molar-refractivity contribution is -0.766. The van der Waals surface area contributed by atoms with Crippen LogP contribution in [0.1, 0.15) is 39.0 Å². The van der Waals surface area contributed by atoms with E-state index in [0.29, 0.717) is 9.81 Å². The molecule has 0 saturated carbocycles. The van der Waals surface area contributed by atoms with Gasteiger partial charge in [-0.2, -0.15) is 0 Å². The van der Waals surface area contributed by atoms with E-state index in [1.54, 1.807) is 0 Å². The third kappa shape index (κ3) is 5.24.